The molecule has 0 aliphatic heterocycles. The van der Waals surface area contributed by atoms with E-state index in [9.17, 15) is 4.79 Å². The summed E-state index contributed by atoms with van der Waals surface area (Å²) in [6.45, 7) is 6.01. The van der Waals surface area contributed by atoms with E-state index in [0.29, 0.717) is 18.0 Å². The molecule has 0 fully saturated rings. The van der Waals surface area contributed by atoms with Crippen LogP contribution in [0.15, 0.2) is 6.07 Å². The molecule has 16 heavy (non-hydrogen) atoms. The third kappa shape index (κ3) is 4.59. The largest absolute Gasteiger partial charge is 0.444 e. The maximum atomic E-state index is 11.4. The molecule has 0 saturated heterocycles. The Morgan fingerprint density at radius 2 is 2.31 bits per heavy atom. The number of amides is 1. The van der Waals surface area contributed by atoms with Crippen molar-refractivity contribution in [1.82, 2.24) is 4.37 Å². The second kappa shape index (κ2) is 5.27. The number of ether oxygens (including phenoxy) is 1. The van der Waals surface area contributed by atoms with Crippen LogP contribution in [0.1, 0.15) is 26.5 Å². The smallest absolute Gasteiger partial charge is 0.412 e. The maximum Gasteiger partial charge on any atom is 0.412 e. The van der Waals surface area contributed by atoms with Gasteiger partial charge in [-0.1, -0.05) is 0 Å². The van der Waals surface area contributed by atoms with Crippen LogP contribution in [-0.4, -0.2) is 22.6 Å². The van der Waals surface area contributed by atoms with Gasteiger partial charge in [0.1, 0.15) is 10.6 Å². The van der Waals surface area contributed by atoms with Crippen molar-refractivity contribution in [1.29, 1.82) is 0 Å². The fourth-order valence-corrected chi connectivity index (χ4v) is 1.72. The van der Waals surface area contributed by atoms with E-state index < -0.39 is 11.7 Å². The first-order valence-electron chi connectivity index (χ1n) is 5.06. The number of aromatic nitrogens is 1. The molecule has 6 heteroatoms. The molecule has 0 bridgehead atoms. The Hall–Kier alpha value is -1.14. The van der Waals surface area contributed by atoms with Crippen LogP contribution in [-0.2, 0) is 11.2 Å². The summed E-state index contributed by atoms with van der Waals surface area (Å²) in [5.74, 6) is 0. The van der Waals surface area contributed by atoms with Crippen LogP contribution in [0.25, 0.3) is 0 Å². The monoisotopic (exact) mass is 243 g/mol. The first-order chi connectivity index (χ1) is 7.40. The standard InChI is InChI=1S/C10H17N3O2S/c1-10(2,3)15-9(14)12-8-6-7(4-5-11)13-16-8/h6H,4-5,11H2,1-3H3,(H,12,14). The number of carbonyl (C=O) groups excluding carboxylic acids is 1. The molecule has 1 heterocycles. The topological polar surface area (TPSA) is 77.2 Å². The van der Waals surface area contributed by atoms with Gasteiger partial charge in [0.2, 0.25) is 0 Å². The van der Waals surface area contributed by atoms with Gasteiger partial charge in [-0.15, -0.1) is 0 Å². The van der Waals surface area contributed by atoms with E-state index in [2.05, 4.69) is 9.69 Å². The van der Waals surface area contributed by atoms with Crippen molar-refractivity contribution in [3.8, 4) is 0 Å². The summed E-state index contributed by atoms with van der Waals surface area (Å²) in [5, 5.41) is 3.31. The molecule has 0 aromatic carbocycles. The average molecular weight is 243 g/mol. The van der Waals surface area contributed by atoms with E-state index in [1.54, 1.807) is 6.07 Å². The highest BCUT2D eigenvalue weighted by molar-refractivity contribution is 7.10. The molecule has 1 rings (SSSR count). The van der Waals surface area contributed by atoms with E-state index in [-0.39, 0.29) is 0 Å². The van der Waals surface area contributed by atoms with Gasteiger partial charge in [0.05, 0.1) is 5.69 Å². The number of hydrogen-bond donors (Lipinski definition) is 2. The fraction of sp³-hybridized carbons (Fsp3) is 0.600. The van der Waals surface area contributed by atoms with E-state index >= 15 is 0 Å². The van der Waals surface area contributed by atoms with Crippen LogP contribution < -0.4 is 11.1 Å². The van der Waals surface area contributed by atoms with E-state index in [1.165, 1.54) is 11.5 Å². The third-order valence-electron chi connectivity index (χ3n) is 1.58. The Kier molecular flexibility index (Phi) is 4.26. The van der Waals surface area contributed by atoms with Crippen molar-refractivity contribution in [3.63, 3.8) is 0 Å². The van der Waals surface area contributed by atoms with Gasteiger partial charge >= 0.3 is 6.09 Å². The number of rotatable bonds is 3. The van der Waals surface area contributed by atoms with Crippen LogP contribution in [0.2, 0.25) is 0 Å². The minimum absolute atomic E-state index is 0.463. The van der Waals surface area contributed by atoms with Gasteiger partial charge in [-0.3, -0.25) is 5.32 Å². The predicted molar refractivity (Wildman–Crippen MR) is 64.7 cm³/mol. The van der Waals surface area contributed by atoms with Gasteiger partial charge < -0.3 is 10.5 Å². The van der Waals surface area contributed by atoms with Crippen molar-refractivity contribution in [2.75, 3.05) is 11.9 Å². The van der Waals surface area contributed by atoms with E-state index in [0.717, 1.165) is 5.69 Å². The number of nitrogens with two attached hydrogens (primary N) is 1. The van der Waals surface area contributed by atoms with Gasteiger partial charge in [0.25, 0.3) is 0 Å². The minimum atomic E-state index is -0.491. The molecule has 5 nitrogen and oxygen atoms in total. The Bertz CT molecular complexity index is 357. The van der Waals surface area contributed by atoms with Gasteiger partial charge in [0.15, 0.2) is 0 Å². The number of anilines is 1. The predicted octanol–water partition coefficient (Wildman–Crippen LogP) is 1.99. The highest BCUT2D eigenvalue weighted by Gasteiger charge is 2.16. The molecular weight excluding hydrogens is 226 g/mol. The molecule has 3 N–H and O–H groups in total. The molecular formula is C10H17N3O2S. The van der Waals surface area contributed by atoms with Crippen LogP contribution in [0.4, 0.5) is 9.80 Å². The molecule has 1 aromatic heterocycles. The summed E-state index contributed by atoms with van der Waals surface area (Å²) in [4.78, 5) is 11.4. The molecule has 90 valence electrons. The number of hydrogen-bond acceptors (Lipinski definition) is 5. The van der Waals surface area contributed by atoms with Gasteiger partial charge in [-0.05, 0) is 44.9 Å². The lowest BCUT2D eigenvalue weighted by molar-refractivity contribution is 0.0636. The van der Waals surface area contributed by atoms with Gasteiger partial charge in [-0.25, -0.2) is 4.79 Å². The van der Waals surface area contributed by atoms with Crippen molar-refractivity contribution < 1.29 is 9.53 Å². The molecule has 0 saturated carbocycles. The van der Waals surface area contributed by atoms with Crippen LogP contribution in [0.5, 0.6) is 0 Å². The lowest BCUT2D eigenvalue weighted by Gasteiger charge is -2.19. The zero-order valence-corrected chi connectivity index (χ0v) is 10.6. The highest BCUT2D eigenvalue weighted by atomic mass is 32.1. The second-order valence-corrected chi connectivity index (χ2v) is 5.15. The normalized spacial score (nSPS) is 11.2. The zero-order valence-electron chi connectivity index (χ0n) is 9.74. The number of nitrogens with one attached hydrogen (secondary N) is 1. The molecule has 1 amide bonds. The summed E-state index contributed by atoms with van der Waals surface area (Å²) in [6, 6.07) is 1.81. The maximum absolute atomic E-state index is 11.4. The lowest BCUT2D eigenvalue weighted by Crippen LogP contribution is -2.26. The Balaban J connectivity index is 2.50. The molecule has 0 aliphatic rings. The number of carbonyl (C=O) groups is 1. The molecule has 0 radical (unpaired) electrons. The first-order valence-corrected chi connectivity index (χ1v) is 5.84. The summed E-state index contributed by atoms with van der Waals surface area (Å²) in [7, 11) is 0. The molecule has 0 atom stereocenters. The van der Waals surface area contributed by atoms with Crippen LogP contribution in [0.3, 0.4) is 0 Å². The first kappa shape index (κ1) is 12.9. The Morgan fingerprint density at radius 1 is 1.62 bits per heavy atom. The summed E-state index contributed by atoms with van der Waals surface area (Å²) < 4.78 is 9.26. The molecule has 0 spiro atoms. The Labute approximate surface area is 99.2 Å². The Morgan fingerprint density at radius 3 is 2.88 bits per heavy atom. The van der Waals surface area contributed by atoms with Gasteiger partial charge in [-0.2, -0.15) is 4.37 Å². The van der Waals surface area contributed by atoms with Crippen molar-refractivity contribution in [2.24, 2.45) is 5.73 Å². The third-order valence-corrected chi connectivity index (χ3v) is 2.33. The van der Waals surface area contributed by atoms with Gasteiger partial charge in [0, 0.05) is 6.42 Å². The van der Waals surface area contributed by atoms with E-state index in [4.69, 9.17) is 10.5 Å². The highest BCUT2D eigenvalue weighted by Crippen LogP contribution is 2.18. The van der Waals surface area contributed by atoms with Crippen molar-refractivity contribution in [3.05, 3.63) is 11.8 Å². The SMILES string of the molecule is CC(C)(C)OC(=O)Nc1cc(CCN)ns1. The fourth-order valence-electron chi connectivity index (χ4n) is 1.04. The summed E-state index contributed by atoms with van der Waals surface area (Å²) in [6.07, 6.45) is 0.252. The molecule has 1 aromatic rings. The van der Waals surface area contributed by atoms with E-state index in [1.807, 2.05) is 20.8 Å². The quantitative estimate of drug-likeness (QED) is 0.851. The summed E-state index contributed by atoms with van der Waals surface area (Å²) in [5.41, 5.74) is 5.80. The average Bonchev–Trinajstić information content (AvgIpc) is 2.49. The molecule has 0 aliphatic carbocycles. The minimum Gasteiger partial charge on any atom is -0.444 e. The lowest BCUT2D eigenvalue weighted by atomic mass is 10.2. The number of nitrogens with zero attached hydrogens (tertiary/aromatic N) is 1. The molecule has 0 unspecified atom stereocenters. The van der Waals surface area contributed by atoms with Crippen molar-refractivity contribution >= 4 is 22.6 Å². The van der Waals surface area contributed by atoms with Crippen LogP contribution in [0, 0.1) is 0 Å². The zero-order chi connectivity index (χ0) is 12.2. The van der Waals surface area contributed by atoms with Crippen LogP contribution >= 0.6 is 11.5 Å². The van der Waals surface area contributed by atoms with Crippen molar-refractivity contribution in [2.45, 2.75) is 32.8 Å². The second-order valence-electron chi connectivity index (χ2n) is 4.35. The summed E-state index contributed by atoms with van der Waals surface area (Å²) >= 11 is 1.23.